The second-order valence-electron chi connectivity index (χ2n) is 5.45. The van der Waals surface area contributed by atoms with Crippen LogP contribution in [0.1, 0.15) is 37.1 Å². The number of carbonyl (C=O) groups is 3. The van der Waals surface area contributed by atoms with Crippen LogP contribution in [0.3, 0.4) is 0 Å². The number of carboxylic acids is 1. The molecule has 0 fully saturated rings. The Hall–Kier alpha value is -2.38. The summed E-state index contributed by atoms with van der Waals surface area (Å²) in [5.74, 6) is -1.56. The SMILES string of the molecule is CSC[C@H](N)c1noc([C@H](CC(N)=O)NC(=O)NC(C(=O)O)C(C)O)n1. The Morgan fingerprint density at radius 3 is 2.50 bits per heavy atom. The fourth-order valence-electron chi connectivity index (χ4n) is 1.92. The van der Waals surface area contributed by atoms with E-state index in [2.05, 4.69) is 20.8 Å². The summed E-state index contributed by atoms with van der Waals surface area (Å²) in [4.78, 5) is 38.3. The second kappa shape index (κ2) is 9.94. The minimum atomic E-state index is -1.54. The van der Waals surface area contributed by atoms with Crippen molar-refractivity contribution < 1.29 is 29.1 Å². The predicted molar refractivity (Wildman–Crippen MR) is 90.9 cm³/mol. The van der Waals surface area contributed by atoms with E-state index < -0.39 is 42.1 Å². The Kier molecular flexibility index (Phi) is 8.28. The van der Waals surface area contributed by atoms with Gasteiger partial charge in [-0.25, -0.2) is 9.59 Å². The fraction of sp³-hybridized carbons (Fsp3) is 0.615. The van der Waals surface area contributed by atoms with Crippen molar-refractivity contribution in [1.29, 1.82) is 0 Å². The van der Waals surface area contributed by atoms with Gasteiger partial charge in [-0.05, 0) is 13.2 Å². The number of thioether (sulfide) groups is 1. The maximum atomic E-state index is 12.0. The molecule has 4 atom stereocenters. The molecule has 3 amide bonds. The van der Waals surface area contributed by atoms with Crippen LogP contribution >= 0.6 is 11.8 Å². The van der Waals surface area contributed by atoms with Crippen LogP contribution < -0.4 is 22.1 Å². The molecule has 13 heteroatoms. The van der Waals surface area contributed by atoms with Crippen molar-refractivity contribution in [1.82, 2.24) is 20.8 Å². The molecule has 0 aliphatic rings. The van der Waals surface area contributed by atoms with E-state index in [1.807, 2.05) is 6.26 Å². The highest BCUT2D eigenvalue weighted by Crippen LogP contribution is 2.18. The first kappa shape index (κ1) is 21.7. The van der Waals surface area contributed by atoms with Gasteiger partial charge in [-0.15, -0.1) is 0 Å². The zero-order valence-corrected chi connectivity index (χ0v) is 15.0. The third kappa shape index (κ3) is 6.50. The zero-order chi connectivity index (χ0) is 19.9. The van der Waals surface area contributed by atoms with Gasteiger partial charge in [0.05, 0.1) is 18.6 Å². The van der Waals surface area contributed by atoms with E-state index in [1.54, 1.807) is 0 Å². The standard InChI is InChI=1S/C13H22N6O6S/c1-5(20)9(12(22)23)17-13(24)16-7(3-8(15)21)11-18-10(19-25-11)6(14)4-26-2/h5-7,9,20H,3-4,14H2,1-2H3,(H2,15,21)(H,22,23)(H2,16,17,24)/t5?,6-,7-,9?/m0/s1. The van der Waals surface area contributed by atoms with Gasteiger partial charge in [-0.1, -0.05) is 5.16 Å². The van der Waals surface area contributed by atoms with Crippen molar-refractivity contribution in [2.45, 2.75) is 37.6 Å². The molecule has 1 aromatic rings. The number of amides is 3. The van der Waals surface area contributed by atoms with Crippen molar-refractivity contribution in [3.63, 3.8) is 0 Å². The number of hydrogen-bond acceptors (Lipinski definition) is 9. The Morgan fingerprint density at radius 1 is 1.35 bits per heavy atom. The highest BCUT2D eigenvalue weighted by Gasteiger charge is 2.29. The molecular weight excluding hydrogens is 368 g/mol. The molecule has 0 aromatic carbocycles. The number of nitrogens with two attached hydrogens (primary N) is 2. The van der Waals surface area contributed by atoms with E-state index in [1.165, 1.54) is 18.7 Å². The minimum Gasteiger partial charge on any atom is -0.480 e. The first-order valence-corrected chi connectivity index (χ1v) is 8.89. The molecule has 0 aliphatic heterocycles. The van der Waals surface area contributed by atoms with Crippen molar-refractivity contribution >= 4 is 29.7 Å². The van der Waals surface area contributed by atoms with Crippen LogP contribution in [0.4, 0.5) is 4.79 Å². The molecule has 0 radical (unpaired) electrons. The lowest BCUT2D eigenvalue weighted by atomic mass is 10.2. The summed E-state index contributed by atoms with van der Waals surface area (Å²) >= 11 is 1.48. The number of urea groups is 1. The predicted octanol–water partition coefficient (Wildman–Crippen LogP) is -1.52. The summed E-state index contributed by atoms with van der Waals surface area (Å²) in [5.41, 5.74) is 11.0. The largest absolute Gasteiger partial charge is 0.480 e. The zero-order valence-electron chi connectivity index (χ0n) is 14.2. The number of carboxylic acid groups (broad SMARTS) is 1. The van der Waals surface area contributed by atoms with Crippen LogP contribution in [-0.2, 0) is 9.59 Å². The van der Waals surface area contributed by atoms with Crippen molar-refractivity contribution in [3.05, 3.63) is 11.7 Å². The summed E-state index contributed by atoms with van der Waals surface area (Å²) < 4.78 is 5.03. The first-order chi connectivity index (χ1) is 12.1. The van der Waals surface area contributed by atoms with Crippen LogP contribution in [0, 0.1) is 0 Å². The average Bonchev–Trinajstić information content (AvgIpc) is 3.01. The van der Waals surface area contributed by atoms with Gasteiger partial charge in [0.1, 0.15) is 6.04 Å². The van der Waals surface area contributed by atoms with Crippen LogP contribution in [0.15, 0.2) is 4.52 Å². The molecule has 0 saturated heterocycles. The van der Waals surface area contributed by atoms with Gasteiger partial charge < -0.3 is 36.8 Å². The molecule has 1 heterocycles. The molecule has 26 heavy (non-hydrogen) atoms. The highest BCUT2D eigenvalue weighted by atomic mass is 32.2. The average molecular weight is 390 g/mol. The van der Waals surface area contributed by atoms with E-state index in [9.17, 15) is 19.5 Å². The van der Waals surface area contributed by atoms with Gasteiger partial charge in [0.2, 0.25) is 11.8 Å². The van der Waals surface area contributed by atoms with Gasteiger partial charge >= 0.3 is 12.0 Å². The Morgan fingerprint density at radius 2 is 2.00 bits per heavy atom. The van der Waals surface area contributed by atoms with Crippen molar-refractivity contribution in [3.8, 4) is 0 Å². The van der Waals surface area contributed by atoms with Gasteiger partial charge in [-0.3, -0.25) is 4.79 Å². The quantitative estimate of drug-likeness (QED) is 0.272. The second-order valence-corrected chi connectivity index (χ2v) is 6.36. The number of nitrogens with zero attached hydrogens (tertiary/aromatic N) is 2. The molecule has 8 N–H and O–H groups in total. The van der Waals surface area contributed by atoms with Crippen LogP contribution in [-0.4, -0.2) is 62.4 Å². The summed E-state index contributed by atoms with van der Waals surface area (Å²) in [6, 6.07) is -4.09. The van der Waals surface area contributed by atoms with Crippen molar-refractivity contribution in [2.75, 3.05) is 12.0 Å². The van der Waals surface area contributed by atoms with Crippen LogP contribution in [0.2, 0.25) is 0 Å². The van der Waals surface area contributed by atoms with E-state index in [-0.39, 0.29) is 18.1 Å². The van der Waals surface area contributed by atoms with Crippen LogP contribution in [0.25, 0.3) is 0 Å². The topological polar surface area (TPSA) is 207 Å². The maximum Gasteiger partial charge on any atom is 0.328 e. The first-order valence-electron chi connectivity index (χ1n) is 7.49. The number of aliphatic carboxylic acids is 1. The molecule has 1 rings (SSSR count). The lowest BCUT2D eigenvalue weighted by molar-refractivity contribution is -0.141. The Bertz CT molecular complexity index is 638. The molecule has 1 aromatic heterocycles. The summed E-state index contributed by atoms with van der Waals surface area (Å²) in [7, 11) is 0. The van der Waals surface area contributed by atoms with E-state index in [4.69, 9.17) is 21.1 Å². The maximum absolute atomic E-state index is 12.0. The van der Waals surface area contributed by atoms with Gasteiger partial charge in [0.25, 0.3) is 0 Å². The normalized spacial score (nSPS) is 15.5. The lowest BCUT2D eigenvalue weighted by Crippen LogP contribution is -2.52. The number of aromatic nitrogens is 2. The molecular formula is C13H22N6O6S. The van der Waals surface area contributed by atoms with E-state index in [0.717, 1.165) is 0 Å². The summed E-state index contributed by atoms with van der Waals surface area (Å²) in [5, 5.41) is 26.5. The molecule has 0 aliphatic carbocycles. The Balaban J connectivity index is 2.89. The molecule has 0 bridgehead atoms. The van der Waals surface area contributed by atoms with Gasteiger partial charge in [-0.2, -0.15) is 16.7 Å². The number of nitrogens with one attached hydrogen (secondary N) is 2. The third-order valence-corrected chi connectivity index (χ3v) is 3.87. The number of hydrogen-bond donors (Lipinski definition) is 6. The van der Waals surface area contributed by atoms with Crippen molar-refractivity contribution in [2.24, 2.45) is 11.5 Å². The molecule has 12 nitrogen and oxygen atoms in total. The van der Waals surface area contributed by atoms with E-state index in [0.29, 0.717) is 5.75 Å². The number of aliphatic hydroxyl groups is 1. The third-order valence-electron chi connectivity index (χ3n) is 3.18. The summed E-state index contributed by atoms with van der Waals surface area (Å²) in [6.07, 6.45) is 0.149. The number of carbonyl (C=O) groups excluding carboxylic acids is 2. The number of aliphatic hydroxyl groups excluding tert-OH is 1. The monoisotopic (exact) mass is 390 g/mol. The highest BCUT2D eigenvalue weighted by molar-refractivity contribution is 7.98. The van der Waals surface area contributed by atoms with Gasteiger partial charge in [0, 0.05) is 5.75 Å². The number of rotatable bonds is 10. The van der Waals surface area contributed by atoms with Crippen LogP contribution in [0.5, 0.6) is 0 Å². The molecule has 2 unspecified atom stereocenters. The Labute approximate surface area is 153 Å². The molecule has 146 valence electrons. The smallest absolute Gasteiger partial charge is 0.328 e. The van der Waals surface area contributed by atoms with E-state index >= 15 is 0 Å². The molecule has 0 spiro atoms. The fourth-order valence-corrected chi connectivity index (χ4v) is 2.43. The lowest BCUT2D eigenvalue weighted by Gasteiger charge is -2.19. The minimum absolute atomic E-state index is 0.102. The molecule has 0 saturated carbocycles. The number of primary amides is 1. The van der Waals surface area contributed by atoms with Gasteiger partial charge in [0.15, 0.2) is 11.9 Å². The summed E-state index contributed by atoms with van der Waals surface area (Å²) in [6.45, 7) is 1.21.